The molecule has 0 radical (unpaired) electrons. The van der Waals surface area contributed by atoms with Crippen LogP contribution in [0, 0.1) is 0 Å². The third-order valence-corrected chi connectivity index (χ3v) is 8.70. The highest BCUT2D eigenvalue weighted by molar-refractivity contribution is 8.77. The van der Waals surface area contributed by atoms with Gasteiger partial charge in [-0.05, 0) is 37.9 Å². The van der Waals surface area contributed by atoms with E-state index < -0.39 is 0 Å². The van der Waals surface area contributed by atoms with Crippen LogP contribution in [0.15, 0.2) is 24.3 Å². The Bertz CT molecular complexity index is 638. The van der Waals surface area contributed by atoms with Crippen LogP contribution in [0.4, 0.5) is 0 Å². The van der Waals surface area contributed by atoms with E-state index in [1.165, 1.54) is 37.9 Å². The number of rotatable bonds is 12. The number of phenolic OH excluding ortho intramolecular Hbond substituents is 1. The molecule has 0 aromatic heterocycles. The van der Waals surface area contributed by atoms with Crippen molar-refractivity contribution in [1.82, 2.24) is 15.5 Å². The van der Waals surface area contributed by atoms with Gasteiger partial charge in [-0.25, -0.2) is 0 Å². The van der Waals surface area contributed by atoms with E-state index in [9.17, 15) is 9.90 Å². The number of morpholine rings is 1. The number of hydrogen-bond acceptors (Lipinski definition) is 7. The predicted molar refractivity (Wildman–Crippen MR) is 126 cm³/mol. The maximum absolute atomic E-state index is 12.5. The molecule has 1 amide bonds. The van der Waals surface area contributed by atoms with Crippen LogP contribution in [0.3, 0.4) is 0 Å². The van der Waals surface area contributed by atoms with E-state index in [1.807, 2.05) is 10.8 Å². The molecule has 3 N–H and O–H groups in total. The average molecular weight is 454 g/mol. The van der Waals surface area contributed by atoms with Crippen molar-refractivity contribution in [1.29, 1.82) is 0 Å². The topological polar surface area (TPSA) is 73.8 Å². The van der Waals surface area contributed by atoms with E-state index in [2.05, 4.69) is 26.3 Å². The molecular formula is C22H35N3O3S2. The number of nitrogens with one attached hydrogen (secondary N) is 2. The molecule has 0 saturated carbocycles. The Morgan fingerprint density at radius 3 is 2.80 bits per heavy atom. The number of para-hydroxylation sites is 1. The second-order valence-electron chi connectivity index (χ2n) is 7.91. The first-order valence-electron chi connectivity index (χ1n) is 11.1. The van der Waals surface area contributed by atoms with Crippen LogP contribution in [0.2, 0.25) is 0 Å². The van der Waals surface area contributed by atoms with Crippen molar-refractivity contribution in [2.45, 2.75) is 43.4 Å². The van der Waals surface area contributed by atoms with Crippen molar-refractivity contribution in [3.05, 3.63) is 29.8 Å². The van der Waals surface area contributed by atoms with Crippen molar-refractivity contribution in [3.8, 4) is 5.75 Å². The van der Waals surface area contributed by atoms with Gasteiger partial charge in [0.05, 0.1) is 18.8 Å². The van der Waals surface area contributed by atoms with E-state index in [1.54, 1.807) is 24.3 Å². The molecule has 2 unspecified atom stereocenters. The molecule has 0 spiro atoms. The minimum absolute atomic E-state index is 0.0191. The maximum Gasteiger partial charge on any atom is 0.255 e. The van der Waals surface area contributed by atoms with E-state index >= 15 is 0 Å². The Labute approximate surface area is 188 Å². The fourth-order valence-electron chi connectivity index (χ4n) is 3.88. The highest BCUT2D eigenvalue weighted by atomic mass is 33.1. The molecule has 8 heteroatoms. The van der Waals surface area contributed by atoms with Gasteiger partial charge in [-0.1, -0.05) is 46.6 Å². The summed E-state index contributed by atoms with van der Waals surface area (Å²) in [7, 11) is 4.10. The number of aromatic hydroxyl groups is 1. The van der Waals surface area contributed by atoms with Crippen molar-refractivity contribution >= 4 is 27.5 Å². The highest BCUT2D eigenvalue weighted by Crippen LogP contribution is 2.39. The molecule has 2 aliphatic heterocycles. The van der Waals surface area contributed by atoms with Crippen LogP contribution < -0.4 is 10.6 Å². The minimum atomic E-state index is -0.227. The zero-order valence-corrected chi connectivity index (χ0v) is 19.3. The van der Waals surface area contributed by atoms with Gasteiger partial charge in [-0.15, -0.1) is 0 Å². The van der Waals surface area contributed by atoms with Gasteiger partial charge < -0.3 is 20.5 Å². The first-order chi connectivity index (χ1) is 14.7. The Morgan fingerprint density at radius 2 is 2.03 bits per heavy atom. The van der Waals surface area contributed by atoms with Gasteiger partial charge in [0.2, 0.25) is 0 Å². The quantitative estimate of drug-likeness (QED) is 0.332. The van der Waals surface area contributed by atoms with Gasteiger partial charge in [0, 0.05) is 43.2 Å². The van der Waals surface area contributed by atoms with E-state index in [0.29, 0.717) is 12.1 Å². The molecule has 30 heavy (non-hydrogen) atoms. The summed E-state index contributed by atoms with van der Waals surface area (Å²) in [5, 5.41) is 17.4. The number of hydrogen-bond donors (Lipinski definition) is 3. The molecule has 6 nitrogen and oxygen atoms in total. The molecule has 2 heterocycles. The molecule has 2 aliphatic rings. The molecular weight excluding hydrogens is 418 g/mol. The lowest BCUT2D eigenvalue weighted by Gasteiger charge is -2.34. The molecule has 0 bridgehead atoms. The fourth-order valence-corrected chi connectivity index (χ4v) is 6.90. The Kier molecular flexibility index (Phi) is 10.7. The highest BCUT2D eigenvalue weighted by Gasteiger charge is 2.22. The normalized spacial score (nSPS) is 20.9. The van der Waals surface area contributed by atoms with Gasteiger partial charge in [-0.3, -0.25) is 9.69 Å². The summed E-state index contributed by atoms with van der Waals surface area (Å²) in [6.07, 6.45) is 6.53. The largest absolute Gasteiger partial charge is 0.507 e. The number of phenols is 1. The van der Waals surface area contributed by atoms with Gasteiger partial charge >= 0.3 is 0 Å². The van der Waals surface area contributed by atoms with Crippen LogP contribution in [0.5, 0.6) is 5.75 Å². The lowest BCUT2D eigenvalue weighted by Crippen LogP contribution is -2.53. The zero-order valence-electron chi connectivity index (χ0n) is 17.7. The lowest BCUT2D eigenvalue weighted by atomic mass is 10.1. The minimum Gasteiger partial charge on any atom is -0.507 e. The molecule has 1 aromatic carbocycles. The monoisotopic (exact) mass is 453 g/mol. The van der Waals surface area contributed by atoms with Gasteiger partial charge in [0.1, 0.15) is 5.75 Å². The maximum atomic E-state index is 12.5. The molecule has 3 rings (SSSR count). The fraction of sp³-hybridized carbons (Fsp3) is 0.682. The standard InChI is InChI=1S/C22H35N3O3S2/c26-21-8-4-3-7-20(21)22(27)24-17-18(25-11-13-28-14-12-25)16-23-10-5-1-2-6-19-9-15-29-30-19/h3-4,7-8,18-19,23,26H,1-2,5-6,9-17H2,(H,24,27). The lowest BCUT2D eigenvalue weighted by molar-refractivity contribution is 0.0168. The van der Waals surface area contributed by atoms with Crippen molar-refractivity contribution < 1.29 is 14.6 Å². The average Bonchev–Trinajstić information content (AvgIpc) is 3.29. The van der Waals surface area contributed by atoms with Crippen molar-refractivity contribution in [2.75, 3.05) is 51.7 Å². The summed E-state index contributed by atoms with van der Waals surface area (Å²) >= 11 is 0. The number of nitrogens with zero attached hydrogens (tertiary/aromatic N) is 1. The van der Waals surface area contributed by atoms with E-state index in [0.717, 1.165) is 44.6 Å². The van der Waals surface area contributed by atoms with Crippen molar-refractivity contribution in [3.63, 3.8) is 0 Å². The Hall–Kier alpha value is -0.930. The molecule has 1 aromatic rings. The molecule has 0 aliphatic carbocycles. The Morgan fingerprint density at radius 1 is 1.20 bits per heavy atom. The van der Waals surface area contributed by atoms with Crippen LogP contribution in [0.1, 0.15) is 42.5 Å². The Balaban J connectivity index is 1.37. The molecule has 2 atom stereocenters. The van der Waals surface area contributed by atoms with Crippen molar-refractivity contribution in [2.24, 2.45) is 0 Å². The number of carbonyl (C=O) groups is 1. The second kappa shape index (κ2) is 13.5. The SMILES string of the molecule is O=C(NCC(CNCCCCCC1CCSS1)N1CCOCC1)c1ccccc1O. The smallest absolute Gasteiger partial charge is 0.255 e. The van der Waals surface area contributed by atoms with Crippen LogP contribution in [-0.2, 0) is 4.74 Å². The summed E-state index contributed by atoms with van der Waals surface area (Å²) < 4.78 is 5.49. The third kappa shape index (κ3) is 7.96. The number of unbranched alkanes of at least 4 members (excludes halogenated alkanes) is 2. The van der Waals surface area contributed by atoms with Crippen LogP contribution >= 0.6 is 21.6 Å². The number of benzene rings is 1. The first-order valence-corrected chi connectivity index (χ1v) is 13.5. The van der Waals surface area contributed by atoms with E-state index in [-0.39, 0.29) is 17.7 Å². The summed E-state index contributed by atoms with van der Waals surface area (Å²) in [5.74, 6) is 1.11. The number of amides is 1. The summed E-state index contributed by atoms with van der Waals surface area (Å²) in [6, 6.07) is 6.89. The van der Waals surface area contributed by atoms with E-state index in [4.69, 9.17) is 4.74 Å². The summed E-state index contributed by atoms with van der Waals surface area (Å²) in [6.45, 7) is 5.65. The summed E-state index contributed by atoms with van der Waals surface area (Å²) in [5.41, 5.74) is 0.324. The second-order valence-corrected chi connectivity index (χ2v) is 10.7. The molecule has 2 fully saturated rings. The number of carbonyl (C=O) groups excluding carboxylic acids is 1. The van der Waals surface area contributed by atoms with Gasteiger partial charge in [0.25, 0.3) is 5.91 Å². The number of ether oxygens (including phenoxy) is 1. The molecule has 168 valence electrons. The molecule has 2 saturated heterocycles. The predicted octanol–water partition coefficient (Wildman–Crippen LogP) is 3.13. The zero-order chi connectivity index (χ0) is 21.0. The van der Waals surface area contributed by atoms with Gasteiger partial charge in [-0.2, -0.15) is 0 Å². The van der Waals surface area contributed by atoms with Crippen LogP contribution in [-0.4, -0.2) is 78.9 Å². The van der Waals surface area contributed by atoms with Gasteiger partial charge in [0.15, 0.2) is 0 Å². The summed E-state index contributed by atoms with van der Waals surface area (Å²) in [4.78, 5) is 14.9. The third-order valence-electron chi connectivity index (χ3n) is 5.70. The van der Waals surface area contributed by atoms with Crippen LogP contribution in [0.25, 0.3) is 0 Å². The first kappa shape index (κ1) is 23.7.